The molecule has 0 saturated heterocycles. The van der Waals surface area contributed by atoms with Gasteiger partial charge in [0.25, 0.3) is 11.5 Å². The Morgan fingerprint density at radius 2 is 1.69 bits per heavy atom. The molecule has 3 aromatic rings. The molecule has 0 N–H and O–H groups in total. The maximum absolute atomic E-state index is 13.9. The van der Waals surface area contributed by atoms with Crippen molar-refractivity contribution < 1.29 is 9.18 Å². The molecule has 0 aliphatic heterocycles. The van der Waals surface area contributed by atoms with Crippen molar-refractivity contribution in [2.75, 3.05) is 11.4 Å². The molecule has 0 fully saturated rings. The van der Waals surface area contributed by atoms with Crippen LogP contribution in [-0.2, 0) is 6.54 Å². The van der Waals surface area contributed by atoms with E-state index in [4.69, 9.17) is 0 Å². The Bertz CT molecular complexity index is 967. The molecule has 0 saturated carbocycles. The maximum Gasteiger partial charge on any atom is 0.263 e. The minimum Gasteiger partial charge on any atom is -0.310 e. The van der Waals surface area contributed by atoms with Gasteiger partial charge in [-0.2, -0.15) is 0 Å². The van der Waals surface area contributed by atoms with Crippen molar-refractivity contribution in [3.63, 3.8) is 0 Å². The second kappa shape index (κ2) is 7.78. The number of para-hydroxylation sites is 1. The summed E-state index contributed by atoms with van der Waals surface area (Å²) in [5, 5.41) is 0. The van der Waals surface area contributed by atoms with Gasteiger partial charge in [-0.15, -0.1) is 0 Å². The molecule has 0 radical (unpaired) electrons. The monoisotopic (exact) mass is 350 g/mol. The molecule has 1 amide bonds. The zero-order chi connectivity index (χ0) is 18.5. The van der Waals surface area contributed by atoms with E-state index in [1.165, 1.54) is 16.7 Å². The number of amides is 1. The van der Waals surface area contributed by atoms with Crippen LogP contribution in [0.4, 0.5) is 10.1 Å². The predicted molar refractivity (Wildman–Crippen MR) is 100.0 cm³/mol. The molecule has 4 nitrogen and oxygen atoms in total. The summed E-state index contributed by atoms with van der Waals surface area (Å²) in [7, 11) is 0. The largest absolute Gasteiger partial charge is 0.310 e. The molecule has 5 heteroatoms. The summed E-state index contributed by atoms with van der Waals surface area (Å²) < 4.78 is 15.2. The number of hydrogen-bond acceptors (Lipinski definition) is 2. The van der Waals surface area contributed by atoms with E-state index in [1.807, 2.05) is 37.3 Å². The predicted octanol–water partition coefficient (Wildman–Crippen LogP) is 3.70. The third kappa shape index (κ3) is 3.57. The van der Waals surface area contributed by atoms with E-state index < -0.39 is 5.56 Å². The summed E-state index contributed by atoms with van der Waals surface area (Å²) in [5.74, 6) is -0.748. The normalized spacial score (nSPS) is 10.5. The van der Waals surface area contributed by atoms with Gasteiger partial charge in [0.15, 0.2) is 0 Å². The number of pyridine rings is 1. The van der Waals surface area contributed by atoms with Crippen molar-refractivity contribution in [3.05, 3.63) is 100 Å². The summed E-state index contributed by atoms with van der Waals surface area (Å²) >= 11 is 0. The zero-order valence-corrected chi connectivity index (χ0v) is 14.4. The van der Waals surface area contributed by atoms with Crippen molar-refractivity contribution in [2.24, 2.45) is 0 Å². The fourth-order valence-corrected chi connectivity index (χ4v) is 2.83. The van der Waals surface area contributed by atoms with Gasteiger partial charge in [0.1, 0.15) is 11.4 Å². The average molecular weight is 350 g/mol. The first-order valence-corrected chi connectivity index (χ1v) is 8.41. The summed E-state index contributed by atoms with van der Waals surface area (Å²) in [5.41, 5.74) is 0.753. The summed E-state index contributed by atoms with van der Waals surface area (Å²) in [4.78, 5) is 27.2. The fourth-order valence-electron chi connectivity index (χ4n) is 2.83. The van der Waals surface area contributed by atoms with Crippen LogP contribution in [0.15, 0.2) is 77.7 Å². The summed E-state index contributed by atoms with van der Waals surface area (Å²) in [6.45, 7) is 2.36. The van der Waals surface area contributed by atoms with Crippen LogP contribution < -0.4 is 10.5 Å². The summed E-state index contributed by atoms with van der Waals surface area (Å²) in [6, 6.07) is 18.6. The topological polar surface area (TPSA) is 42.3 Å². The minimum atomic E-state index is -0.435. The third-order valence-electron chi connectivity index (χ3n) is 4.18. The molecule has 0 spiro atoms. The molecule has 1 aromatic heterocycles. The molecule has 2 aromatic carbocycles. The number of aromatic nitrogens is 1. The van der Waals surface area contributed by atoms with E-state index in [0.29, 0.717) is 12.1 Å². The molecule has 1 heterocycles. The van der Waals surface area contributed by atoms with Crippen molar-refractivity contribution in [3.8, 4) is 0 Å². The van der Waals surface area contributed by atoms with Gasteiger partial charge in [-0.1, -0.05) is 36.4 Å². The van der Waals surface area contributed by atoms with Crippen LogP contribution in [-0.4, -0.2) is 17.0 Å². The van der Waals surface area contributed by atoms with Crippen LogP contribution in [0.1, 0.15) is 22.8 Å². The maximum atomic E-state index is 13.9. The standard InChI is InChI=1S/C21H19FN2O2/c1-2-24(17-10-4-3-5-11-17)21(26)18-12-8-14-23(20(18)25)15-16-9-6-7-13-19(16)22/h3-14H,2,15H2,1H3. The van der Waals surface area contributed by atoms with Gasteiger partial charge in [-0.05, 0) is 37.3 Å². The Balaban J connectivity index is 1.95. The molecule has 0 bridgehead atoms. The number of halogens is 1. The lowest BCUT2D eigenvalue weighted by Crippen LogP contribution is -2.36. The number of nitrogens with zero attached hydrogens (tertiary/aromatic N) is 2. The number of anilines is 1. The van der Waals surface area contributed by atoms with Crippen LogP contribution >= 0.6 is 0 Å². The van der Waals surface area contributed by atoms with Crippen molar-refractivity contribution in [1.29, 1.82) is 0 Å². The number of carbonyl (C=O) groups excluding carboxylic acids is 1. The van der Waals surface area contributed by atoms with E-state index in [9.17, 15) is 14.0 Å². The average Bonchev–Trinajstić information content (AvgIpc) is 2.66. The van der Waals surface area contributed by atoms with E-state index in [-0.39, 0.29) is 23.8 Å². The Kier molecular flexibility index (Phi) is 5.27. The SMILES string of the molecule is CCN(C(=O)c1cccn(Cc2ccccc2F)c1=O)c1ccccc1. The fraction of sp³-hybridized carbons (Fsp3) is 0.143. The first-order chi connectivity index (χ1) is 12.6. The van der Waals surface area contributed by atoms with Gasteiger partial charge in [0.05, 0.1) is 6.54 Å². The number of rotatable bonds is 5. The molecule has 26 heavy (non-hydrogen) atoms. The van der Waals surface area contributed by atoms with Gasteiger partial charge >= 0.3 is 0 Å². The zero-order valence-electron chi connectivity index (χ0n) is 14.4. The van der Waals surface area contributed by atoms with Crippen LogP contribution in [0.25, 0.3) is 0 Å². The van der Waals surface area contributed by atoms with Crippen molar-refractivity contribution >= 4 is 11.6 Å². The number of carbonyl (C=O) groups is 1. The minimum absolute atomic E-state index is 0.0644. The quantitative estimate of drug-likeness (QED) is 0.704. The Hall–Kier alpha value is -3.21. The second-order valence-electron chi connectivity index (χ2n) is 5.83. The Labute approximate surface area is 151 Å². The number of hydrogen-bond donors (Lipinski definition) is 0. The van der Waals surface area contributed by atoms with E-state index >= 15 is 0 Å². The highest BCUT2D eigenvalue weighted by Gasteiger charge is 2.20. The van der Waals surface area contributed by atoms with Gasteiger partial charge in [-0.3, -0.25) is 9.59 Å². The molecular weight excluding hydrogens is 331 g/mol. The van der Waals surface area contributed by atoms with Gasteiger partial charge in [0, 0.05) is 24.0 Å². The highest BCUT2D eigenvalue weighted by Crippen LogP contribution is 2.15. The molecule has 0 atom stereocenters. The van der Waals surface area contributed by atoms with Crippen LogP contribution in [0.5, 0.6) is 0 Å². The smallest absolute Gasteiger partial charge is 0.263 e. The lowest BCUT2D eigenvalue weighted by Gasteiger charge is -2.21. The lowest BCUT2D eigenvalue weighted by atomic mass is 10.2. The van der Waals surface area contributed by atoms with Gasteiger partial charge in [-0.25, -0.2) is 4.39 Å². The van der Waals surface area contributed by atoms with Crippen LogP contribution in [0, 0.1) is 5.82 Å². The highest BCUT2D eigenvalue weighted by atomic mass is 19.1. The lowest BCUT2D eigenvalue weighted by molar-refractivity contribution is 0.0986. The molecule has 0 aliphatic rings. The van der Waals surface area contributed by atoms with Crippen LogP contribution in [0.3, 0.4) is 0 Å². The molecular formula is C21H19FN2O2. The van der Waals surface area contributed by atoms with Crippen LogP contribution in [0.2, 0.25) is 0 Å². The van der Waals surface area contributed by atoms with Gasteiger partial charge in [0.2, 0.25) is 0 Å². The first-order valence-electron chi connectivity index (χ1n) is 8.41. The van der Waals surface area contributed by atoms with E-state index in [2.05, 4.69) is 0 Å². The van der Waals surface area contributed by atoms with E-state index in [0.717, 1.165) is 5.69 Å². The third-order valence-corrected chi connectivity index (χ3v) is 4.18. The number of benzene rings is 2. The van der Waals surface area contributed by atoms with Gasteiger partial charge < -0.3 is 9.47 Å². The summed E-state index contributed by atoms with van der Waals surface area (Å²) in [6.07, 6.45) is 1.56. The highest BCUT2D eigenvalue weighted by molar-refractivity contribution is 6.05. The molecule has 0 unspecified atom stereocenters. The Morgan fingerprint density at radius 1 is 1.00 bits per heavy atom. The molecule has 132 valence electrons. The van der Waals surface area contributed by atoms with Crippen molar-refractivity contribution in [1.82, 2.24) is 4.57 Å². The molecule has 0 aliphatic carbocycles. The molecule has 3 rings (SSSR count). The second-order valence-corrected chi connectivity index (χ2v) is 5.83. The first kappa shape index (κ1) is 17.6. The van der Waals surface area contributed by atoms with E-state index in [1.54, 1.807) is 35.4 Å². The Morgan fingerprint density at radius 3 is 2.38 bits per heavy atom. The van der Waals surface area contributed by atoms with Crippen molar-refractivity contribution in [2.45, 2.75) is 13.5 Å².